The Labute approximate surface area is 222 Å². The first-order valence-electron chi connectivity index (χ1n) is 12.6. The zero-order valence-corrected chi connectivity index (χ0v) is 21.9. The number of likely N-dealkylation sites (tertiary alicyclic amines) is 1. The molecule has 3 fully saturated rings. The molecular formula is C22H32N10O5S. The van der Waals surface area contributed by atoms with Crippen molar-refractivity contribution in [2.45, 2.75) is 62.7 Å². The topological polar surface area (TPSA) is 215 Å². The number of rotatable bonds is 8. The molecule has 4 aliphatic heterocycles. The molecule has 1 aromatic rings. The van der Waals surface area contributed by atoms with Crippen molar-refractivity contribution < 1.29 is 24.3 Å². The predicted octanol–water partition coefficient (Wildman–Crippen LogP) is -2.44. The zero-order chi connectivity index (χ0) is 27.3. The molecule has 0 aliphatic carbocycles. The van der Waals surface area contributed by atoms with Gasteiger partial charge in [0.1, 0.15) is 12.2 Å². The molecule has 3 amide bonds. The Morgan fingerprint density at radius 2 is 2.11 bits per heavy atom. The summed E-state index contributed by atoms with van der Waals surface area (Å²) in [6, 6.07) is -1.25. The van der Waals surface area contributed by atoms with Crippen LogP contribution in [0, 0.1) is 11.8 Å². The van der Waals surface area contributed by atoms with E-state index in [2.05, 4.69) is 26.0 Å². The maximum absolute atomic E-state index is 13.1. The molecular weight excluding hydrogens is 516 g/mol. The minimum absolute atomic E-state index is 0.00476. The number of nitrogens with zero attached hydrogens (tertiary/aromatic N) is 6. The lowest BCUT2D eigenvalue weighted by Crippen LogP contribution is -2.66. The van der Waals surface area contributed by atoms with Gasteiger partial charge in [-0.25, -0.2) is 4.79 Å². The number of nitrogens with one attached hydrogen (secondary N) is 2. The Morgan fingerprint density at radius 1 is 1.34 bits per heavy atom. The van der Waals surface area contributed by atoms with E-state index in [-0.39, 0.29) is 59.3 Å². The van der Waals surface area contributed by atoms with E-state index in [0.29, 0.717) is 31.0 Å². The Kier molecular flexibility index (Phi) is 7.04. The Hall–Kier alpha value is -3.24. The van der Waals surface area contributed by atoms with Crippen molar-refractivity contribution in [1.82, 2.24) is 40.6 Å². The first-order valence-corrected chi connectivity index (χ1v) is 13.5. The molecule has 5 rings (SSSR count). The average molecular weight is 549 g/mol. The third-order valence-corrected chi connectivity index (χ3v) is 9.20. The second-order valence-electron chi connectivity index (χ2n) is 10.3. The van der Waals surface area contributed by atoms with Gasteiger partial charge >= 0.3 is 5.97 Å². The number of amides is 3. The minimum Gasteiger partial charge on any atom is -0.477 e. The molecule has 1 unspecified atom stereocenters. The van der Waals surface area contributed by atoms with Gasteiger partial charge in [0.2, 0.25) is 17.7 Å². The van der Waals surface area contributed by atoms with Gasteiger partial charge in [-0.15, -0.1) is 16.9 Å². The molecule has 0 saturated carbocycles. The van der Waals surface area contributed by atoms with E-state index >= 15 is 0 Å². The number of anilines is 1. The normalized spacial score (nSPS) is 31.4. The second-order valence-corrected chi connectivity index (χ2v) is 11.7. The summed E-state index contributed by atoms with van der Waals surface area (Å²) >= 11 is 1.43. The number of carbonyl (C=O) groups excluding carboxylic acids is 3. The van der Waals surface area contributed by atoms with Gasteiger partial charge in [0.15, 0.2) is 0 Å². The van der Waals surface area contributed by atoms with Crippen LogP contribution in [0.25, 0.3) is 0 Å². The van der Waals surface area contributed by atoms with Gasteiger partial charge in [-0.1, -0.05) is 12.0 Å². The molecule has 5 heterocycles. The van der Waals surface area contributed by atoms with E-state index in [1.54, 1.807) is 11.8 Å². The molecule has 0 spiro atoms. The SMILES string of the molecule is CC(NC(=O)Cn1nnc(N)n1)[C@H]1C(=O)N2C(C(=O)O)=C(S[C@@H]3CN[C@H](C(=O)N4CC[C@@H](N)C4)C3)[C@H](C)[C@H]12. The lowest BCUT2D eigenvalue weighted by molar-refractivity contribution is -0.158. The monoisotopic (exact) mass is 548 g/mol. The fraction of sp³-hybridized carbons (Fsp3) is 0.682. The van der Waals surface area contributed by atoms with E-state index < -0.39 is 23.8 Å². The lowest BCUT2D eigenvalue weighted by atomic mass is 9.78. The fourth-order valence-corrected chi connectivity index (χ4v) is 7.38. The summed E-state index contributed by atoms with van der Waals surface area (Å²) in [5, 5.41) is 27.0. The van der Waals surface area contributed by atoms with Crippen LogP contribution >= 0.6 is 11.8 Å². The van der Waals surface area contributed by atoms with Gasteiger partial charge in [-0.2, -0.15) is 4.80 Å². The van der Waals surface area contributed by atoms with Gasteiger partial charge < -0.3 is 37.0 Å². The van der Waals surface area contributed by atoms with Crippen molar-refractivity contribution in [3.63, 3.8) is 0 Å². The number of β-lactam (4-membered cyclic amide) rings is 1. The van der Waals surface area contributed by atoms with Crippen LogP contribution in [0.2, 0.25) is 0 Å². The van der Waals surface area contributed by atoms with Crippen molar-refractivity contribution in [1.29, 1.82) is 0 Å². The number of aliphatic carboxylic acids is 1. The van der Waals surface area contributed by atoms with Gasteiger partial charge in [-0.05, 0) is 25.0 Å². The third kappa shape index (κ3) is 4.71. The number of carboxylic acid groups (broad SMARTS) is 1. The standard InChI is InChI=1S/C22H32N10O5S/c1-9-16-15(10(2)26-14(33)8-31-28-22(24)27-29-31)20(35)32(16)17(21(36)37)18(9)38-12-5-13(25-6-12)19(34)30-4-3-11(23)7-30/h9-13,15-16,25H,3-8,23H2,1-2H3,(H2,24,28)(H,26,33)(H,36,37)/t9-,10?,11-,12+,13+,15-,16-/m1/s1. The van der Waals surface area contributed by atoms with Crippen LogP contribution in [0.3, 0.4) is 0 Å². The number of nitrogen functional groups attached to an aromatic ring is 1. The van der Waals surface area contributed by atoms with E-state index in [1.807, 2.05) is 6.92 Å². The number of fused-ring (bicyclic) bond motifs is 1. The smallest absolute Gasteiger partial charge is 0.353 e. The highest BCUT2D eigenvalue weighted by Crippen LogP contribution is 2.51. The number of carboxylic acids is 1. The summed E-state index contributed by atoms with van der Waals surface area (Å²) < 4.78 is 0. The Balaban J connectivity index is 1.23. The van der Waals surface area contributed by atoms with Crippen molar-refractivity contribution >= 4 is 41.4 Å². The number of nitrogens with two attached hydrogens (primary N) is 2. The summed E-state index contributed by atoms with van der Waals surface area (Å²) in [6.45, 7) is 5.18. The first-order chi connectivity index (χ1) is 18.0. The lowest BCUT2D eigenvalue weighted by Gasteiger charge is -2.47. The summed E-state index contributed by atoms with van der Waals surface area (Å²) in [7, 11) is 0. The van der Waals surface area contributed by atoms with Crippen LogP contribution in [-0.4, -0.2) is 108 Å². The van der Waals surface area contributed by atoms with Gasteiger partial charge in [0, 0.05) is 47.8 Å². The second kappa shape index (κ2) is 10.1. The highest BCUT2D eigenvalue weighted by molar-refractivity contribution is 8.03. The molecule has 7 atom stereocenters. The first kappa shape index (κ1) is 26.4. The number of hydrogen-bond donors (Lipinski definition) is 5. The van der Waals surface area contributed by atoms with Crippen LogP contribution in [0.4, 0.5) is 5.95 Å². The maximum atomic E-state index is 13.1. The number of carbonyl (C=O) groups is 4. The largest absolute Gasteiger partial charge is 0.477 e. The third-order valence-electron chi connectivity index (χ3n) is 7.69. The van der Waals surface area contributed by atoms with Crippen LogP contribution in [0.5, 0.6) is 0 Å². The highest BCUT2D eigenvalue weighted by Gasteiger charge is 2.60. The summed E-state index contributed by atoms with van der Waals surface area (Å²) in [5.74, 6) is -2.76. The van der Waals surface area contributed by atoms with Gasteiger partial charge in [0.25, 0.3) is 5.95 Å². The summed E-state index contributed by atoms with van der Waals surface area (Å²) in [4.78, 5) is 55.5. The number of hydrogen-bond acceptors (Lipinski definition) is 11. The molecule has 16 heteroatoms. The van der Waals surface area contributed by atoms with Crippen LogP contribution < -0.4 is 22.1 Å². The molecule has 7 N–H and O–H groups in total. The van der Waals surface area contributed by atoms with Crippen molar-refractivity contribution in [2.75, 3.05) is 25.4 Å². The van der Waals surface area contributed by atoms with Crippen LogP contribution in [0.15, 0.2) is 10.6 Å². The maximum Gasteiger partial charge on any atom is 0.353 e. The Bertz CT molecular complexity index is 1190. The molecule has 4 aliphatic rings. The molecule has 206 valence electrons. The quantitative estimate of drug-likeness (QED) is 0.214. The average Bonchev–Trinajstić information content (AvgIpc) is 3.62. The molecule has 0 aromatic carbocycles. The minimum atomic E-state index is -1.16. The van der Waals surface area contributed by atoms with E-state index in [9.17, 15) is 24.3 Å². The van der Waals surface area contributed by atoms with Crippen molar-refractivity contribution in [2.24, 2.45) is 17.6 Å². The van der Waals surface area contributed by atoms with Crippen LogP contribution in [0.1, 0.15) is 26.7 Å². The van der Waals surface area contributed by atoms with Crippen LogP contribution in [-0.2, 0) is 25.7 Å². The molecule has 3 saturated heterocycles. The van der Waals surface area contributed by atoms with Gasteiger partial charge in [0.05, 0.1) is 18.0 Å². The Morgan fingerprint density at radius 3 is 2.74 bits per heavy atom. The number of thioether (sulfide) groups is 1. The van der Waals surface area contributed by atoms with Crippen molar-refractivity contribution in [3.05, 3.63) is 10.6 Å². The van der Waals surface area contributed by atoms with E-state index in [4.69, 9.17) is 11.5 Å². The van der Waals surface area contributed by atoms with E-state index in [0.717, 1.165) is 11.2 Å². The van der Waals surface area contributed by atoms with Crippen molar-refractivity contribution in [3.8, 4) is 0 Å². The number of aromatic nitrogens is 4. The molecule has 0 bridgehead atoms. The molecule has 15 nitrogen and oxygen atoms in total. The molecule has 0 radical (unpaired) electrons. The summed E-state index contributed by atoms with van der Waals surface area (Å²) in [6.07, 6.45) is 1.36. The van der Waals surface area contributed by atoms with E-state index in [1.165, 1.54) is 16.7 Å². The molecule has 1 aromatic heterocycles. The fourth-order valence-electron chi connectivity index (χ4n) is 5.91. The number of tetrazole rings is 1. The predicted molar refractivity (Wildman–Crippen MR) is 135 cm³/mol. The molecule has 38 heavy (non-hydrogen) atoms. The highest BCUT2D eigenvalue weighted by atomic mass is 32.2. The zero-order valence-electron chi connectivity index (χ0n) is 21.1. The summed E-state index contributed by atoms with van der Waals surface area (Å²) in [5.41, 5.74) is 11.4. The van der Waals surface area contributed by atoms with Gasteiger partial charge in [-0.3, -0.25) is 14.4 Å².